The number of carboxylic acids is 1. The fraction of sp³-hybridized carbons (Fsp3) is 0.192. The number of benzene rings is 3. The second-order valence-corrected chi connectivity index (χ2v) is 7.62. The highest BCUT2D eigenvalue weighted by atomic mass is 16.5. The number of carbonyl (C=O) groups is 1. The molecular weight excluding hydrogens is 388 g/mol. The molecule has 31 heavy (non-hydrogen) atoms. The Bertz CT molecular complexity index is 1230. The lowest BCUT2D eigenvalue weighted by Crippen LogP contribution is -2.17. The molecule has 3 aromatic carbocycles. The lowest BCUT2D eigenvalue weighted by molar-refractivity contribution is 0.0684. The third-order valence-electron chi connectivity index (χ3n) is 5.63. The average Bonchev–Trinajstić information content (AvgIpc) is 3.09. The lowest BCUT2D eigenvalue weighted by Gasteiger charge is -2.12. The number of aromatic nitrogens is 1. The molecule has 0 saturated heterocycles. The second kappa shape index (κ2) is 9.06. The summed E-state index contributed by atoms with van der Waals surface area (Å²) in [6, 6.07) is 23.9. The highest BCUT2D eigenvalue weighted by Gasteiger charge is 2.22. The SMILES string of the molecule is COc1cccc(CNCc2c(C(=O)O)n(Cc3ccccc3C)c3ccccc23)c1. The fourth-order valence-corrected chi connectivity index (χ4v) is 4.03. The molecule has 5 heteroatoms. The molecule has 4 rings (SSSR count). The summed E-state index contributed by atoms with van der Waals surface area (Å²) in [5.41, 5.74) is 5.42. The molecule has 158 valence electrons. The number of hydrogen-bond donors (Lipinski definition) is 2. The van der Waals surface area contributed by atoms with Crippen LogP contribution >= 0.6 is 0 Å². The van der Waals surface area contributed by atoms with E-state index in [-0.39, 0.29) is 0 Å². The van der Waals surface area contributed by atoms with Gasteiger partial charge in [0.05, 0.1) is 7.11 Å². The molecule has 0 amide bonds. The van der Waals surface area contributed by atoms with Gasteiger partial charge >= 0.3 is 5.97 Å². The number of rotatable bonds is 8. The summed E-state index contributed by atoms with van der Waals surface area (Å²) in [6.07, 6.45) is 0. The van der Waals surface area contributed by atoms with E-state index < -0.39 is 5.97 Å². The molecule has 0 atom stereocenters. The quantitative estimate of drug-likeness (QED) is 0.426. The number of aromatic carboxylic acids is 1. The van der Waals surface area contributed by atoms with Crippen molar-refractivity contribution in [3.63, 3.8) is 0 Å². The molecule has 2 N–H and O–H groups in total. The normalized spacial score (nSPS) is 11.0. The Balaban J connectivity index is 1.68. The van der Waals surface area contributed by atoms with E-state index >= 15 is 0 Å². The van der Waals surface area contributed by atoms with Crippen LogP contribution in [0.4, 0.5) is 0 Å². The predicted molar refractivity (Wildman–Crippen MR) is 123 cm³/mol. The van der Waals surface area contributed by atoms with Crippen molar-refractivity contribution < 1.29 is 14.6 Å². The van der Waals surface area contributed by atoms with Crippen molar-refractivity contribution in [3.05, 3.63) is 101 Å². The first-order valence-corrected chi connectivity index (χ1v) is 10.3. The maximum absolute atomic E-state index is 12.3. The van der Waals surface area contributed by atoms with Crippen LogP contribution in [0.5, 0.6) is 5.75 Å². The number of hydrogen-bond acceptors (Lipinski definition) is 3. The Morgan fingerprint density at radius 3 is 2.55 bits per heavy atom. The van der Waals surface area contributed by atoms with Gasteiger partial charge in [-0.25, -0.2) is 4.79 Å². The predicted octanol–water partition coefficient (Wildman–Crippen LogP) is 4.99. The molecule has 0 bridgehead atoms. The molecule has 5 nitrogen and oxygen atoms in total. The van der Waals surface area contributed by atoms with Crippen LogP contribution in [0.2, 0.25) is 0 Å². The molecule has 0 aliphatic rings. The first-order valence-electron chi connectivity index (χ1n) is 10.3. The summed E-state index contributed by atoms with van der Waals surface area (Å²) in [5, 5.41) is 14.5. The molecule has 0 aliphatic carbocycles. The molecule has 0 saturated carbocycles. The van der Waals surface area contributed by atoms with Crippen LogP contribution in [0.1, 0.15) is 32.7 Å². The van der Waals surface area contributed by atoms with Gasteiger partial charge in [0.2, 0.25) is 0 Å². The van der Waals surface area contributed by atoms with E-state index in [1.807, 2.05) is 65.2 Å². The van der Waals surface area contributed by atoms with Crippen molar-refractivity contribution in [2.24, 2.45) is 0 Å². The van der Waals surface area contributed by atoms with Crippen molar-refractivity contribution in [1.82, 2.24) is 9.88 Å². The Kier molecular flexibility index (Phi) is 6.05. The van der Waals surface area contributed by atoms with E-state index in [4.69, 9.17) is 4.74 Å². The fourth-order valence-electron chi connectivity index (χ4n) is 4.03. The zero-order valence-corrected chi connectivity index (χ0v) is 17.8. The van der Waals surface area contributed by atoms with Gasteiger partial charge in [0.25, 0.3) is 0 Å². The van der Waals surface area contributed by atoms with Gasteiger partial charge in [-0.15, -0.1) is 0 Å². The first-order chi connectivity index (χ1) is 15.1. The number of aryl methyl sites for hydroxylation is 1. The smallest absolute Gasteiger partial charge is 0.352 e. The molecule has 1 heterocycles. The van der Waals surface area contributed by atoms with E-state index in [2.05, 4.69) is 24.4 Å². The molecule has 0 fully saturated rings. The maximum atomic E-state index is 12.3. The van der Waals surface area contributed by atoms with Gasteiger partial charge in [0, 0.05) is 36.1 Å². The molecule has 0 radical (unpaired) electrons. The molecule has 1 aromatic heterocycles. The topological polar surface area (TPSA) is 63.5 Å². The Hall–Kier alpha value is -3.57. The van der Waals surface area contributed by atoms with Crippen molar-refractivity contribution in [2.75, 3.05) is 7.11 Å². The largest absolute Gasteiger partial charge is 0.497 e. The Labute approximate surface area is 181 Å². The summed E-state index contributed by atoms with van der Waals surface area (Å²) in [7, 11) is 1.65. The van der Waals surface area contributed by atoms with Crippen molar-refractivity contribution in [2.45, 2.75) is 26.6 Å². The second-order valence-electron chi connectivity index (χ2n) is 7.62. The summed E-state index contributed by atoms with van der Waals surface area (Å²) in [6.45, 7) is 3.65. The highest BCUT2D eigenvalue weighted by Crippen LogP contribution is 2.28. The van der Waals surface area contributed by atoms with Crippen LogP contribution in [0, 0.1) is 6.92 Å². The van der Waals surface area contributed by atoms with Crippen LogP contribution < -0.4 is 10.1 Å². The van der Waals surface area contributed by atoms with Gasteiger partial charge in [-0.1, -0.05) is 54.6 Å². The maximum Gasteiger partial charge on any atom is 0.352 e. The Morgan fingerprint density at radius 2 is 1.77 bits per heavy atom. The summed E-state index contributed by atoms with van der Waals surface area (Å²) < 4.78 is 7.21. The summed E-state index contributed by atoms with van der Waals surface area (Å²) in [4.78, 5) is 12.3. The minimum absolute atomic E-state index is 0.336. The van der Waals surface area contributed by atoms with Gasteiger partial charge in [-0.3, -0.25) is 0 Å². The number of nitrogens with zero attached hydrogens (tertiary/aromatic N) is 1. The summed E-state index contributed by atoms with van der Waals surface area (Å²) in [5.74, 6) is -0.108. The Morgan fingerprint density at radius 1 is 1.00 bits per heavy atom. The zero-order valence-electron chi connectivity index (χ0n) is 17.8. The van der Waals surface area contributed by atoms with E-state index in [1.165, 1.54) is 0 Å². The van der Waals surface area contributed by atoms with Crippen LogP contribution in [-0.2, 0) is 19.6 Å². The number of fused-ring (bicyclic) bond motifs is 1. The third kappa shape index (κ3) is 4.32. The first kappa shape index (κ1) is 20.7. The van der Waals surface area contributed by atoms with Gasteiger partial charge in [-0.05, 0) is 41.8 Å². The van der Waals surface area contributed by atoms with Gasteiger partial charge in [0.15, 0.2) is 0 Å². The number of para-hydroxylation sites is 1. The molecule has 0 unspecified atom stereocenters. The van der Waals surface area contributed by atoms with Gasteiger partial charge in [-0.2, -0.15) is 0 Å². The number of nitrogens with one attached hydrogen (secondary N) is 1. The number of methoxy groups -OCH3 is 1. The van der Waals surface area contributed by atoms with E-state index in [0.29, 0.717) is 25.3 Å². The zero-order chi connectivity index (χ0) is 21.8. The van der Waals surface area contributed by atoms with Crippen LogP contribution in [0.25, 0.3) is 10.9 Å². The van der Waals surface area contributed by atoms with E-state index in [9.17, 15) is 9.90 Å². The molecule has 0 spiro atoms. The lowest BCUT2D eigenvalue weighted by atomic mass is 10.1. The van der Waals surface area contributed by atoms with Crippen molar-refractivity contribution in [3.8, 4) is 5.75 Å². The molecule has 4 aromatic rings. The molecule has 0 aliphatic heterocycles. The van der Waals surface area contributed by atoms with Gasteiger partial charge in [0.1, 0.15) is 11.4 Å². The average molecular weight is 415 g/mol. The van der Waals surface area contributed by atoms with Crippen molar-refractivity contribution in [1.29, 1.82) is 0 Å². The monoisotopic (exact) mass is 414 g/mol. The molecular formula is C26H26N2O3. The number of ether oxygens (including phenoxy) is 1. The standard InChI is InChI=1S/C26H26N2O3/c1-18-8-3-4-10-20(18)17-28-24-13-6-5-12-22(24)23(25(28)26(29)30)16-27-15-19-9-7-11-21(14-19)31-2/h3-14,27H,15-17H2,1-2H3,(H,29,30). The third-order valence-corrected chi connectivity index (χ3v) is 5.63. The van der Waals surface area contributed by atoms with Crippen LogP contribution in [-0.4, -0.2) is 22.8 Å². The van der Waals surface area contributed by atoms with Crippen molar-refractivity contribution >= 4 is 16.9 Å². The van der Waals surface area contributed by atoms with Gasteiger partial charge < -0.3 is 19.7 Å². The minimum Gasteiger partial charge on any atom is -0.497 e. The van der Waals surface area contributed by atoms with E-state index in [1.54, 1.807) is 7.11 Å². The number of carboxylic acid groups (broad SMARTS) is 1. The van der Waals surface area contributed by atoms with Crippen LogP contribution in [0.15, 0.2) is 72.8 Å². The highest BCUT2D eigenvalue weighted by molar-refractivity contribution is 5.98. The van der Waals surface area contributed by atoms with E-state index in [0.717, 1.165) is 38.9 Å². The summed E-state index contributed by atoms with van der Waals surface area (Å²) >= 11 is 0. The minimum atomic E-state index is -0.914. The van der Waals surface area contributed by atoms with Crippen LogP contribution in [0.3, 0.4) is 0 Å².